The minimum Gasteiger partial charge on any atom is -0.489 e. The Morgan fingerprint density at radius 1 is 1.00 bits per heavy atom. The first-order valence-corrected chi connectivity index (χ1v) is 11.9. The maximum absolute atomic E-state index is 9.61. The van der Waals surface area contributed by atoms with Crippen molar-refractivity contribution in [2.45, 2.75) is 32.8 Å². The molecule has 0 amide bonds. The van der Waals surface area contributed by atoms with E-state index in [1.165, 1.54) is 5.56 Å². The number of ether oxygens (including phenoxy) is 2. The van der Waals surface area contributed by atoms with Gasteiger partial charge >= 0.3 is 0 Å². The Kier molecular flexibility index (Phi) is 11.7. The van der Waals surface area contributed by atoms with Crippen LogP contribution in [0.2, 0.25) is 0 Å². The Balaban J connectivity index is 0.000000371. The first-order valence-electron chi connectivity index (χ1n) is 11.9. The molecule has 0 atom stereocenters. The third-order valence-electron chi connectivity index (χ3n) is 5.98. The summed E-state index contributed by atoms with van der Waals surface area (Å²) in [6.45, 7) is 9.58. The summed E-state index contributed by atoms with van der Waals surface area (Å²) in [5, 5.41) is 10.7. The van der Waals surface area contributed by atoms with Gasteiger partial charge in [-0.05, 0) is 49.2 Å². The summed E-state index contributed by atoms with van der Waals surface area (Å²) in [5.74, 6) is 0.651. The van der Waals surface area contributed by atoms with Gasteiger partial charge in [0.15, 0.2) is 0 Å². The fourth-order valence-corrected chi connectivity index (χ4v) is 3.99. The number of aromatic nitrogens is 2. The van der Waals surface area contributed by atoms with Crippen LogP contribution in [0.25, 0.3) is 22.2 Å². The molecule has 7 nitrogen and oxygen atoms in total. The van der Waals surface area contributed by atoms with Gasteiger partial charge < -0.3 is 23.6 Å². The molecular weight excluding hydrogens is 466 g/mol. The van der Waals surface area contributed by atoms with Crippen LogP contribution in [0, 0.1) is 25.2 Å². The van der Waals surface area contributed by atoms with Crippen molar-refractivity contribution in [2.24, 2.45) is 7.05 Å². The Labute approximate surface area is 218 Å². The van der Waals surface area contributed by atoms with Gasteiger partial charge in [0.2, 0.25) is 0 Å². The smallest absolute Gasteiger partial charge is 0.140 e. The van der Waals surface area contributed by atoms with Gasteiger partial charge in [-0.1, -0.05) is 42.0 Å². The van der Waals surface area contributed by atoms with Crippen LogP contribution in [-0.2, 0) is 21.4 Å². The van der Waals surface area contributed by atoms with Crippen LogP contribution in [-0.4, -0.2) is 42.4 Å². The zero-order chi connectivity index (χ0) is 27.2. The van der Waals surface area contributed by atoms with Gasteiger partial charge in [-0.15, -0.1) is 0 Å². The molecule has 1 aliphatic rings. The molecule has 0 unspecified atom stereocenters. The van der Waals surface area contributed by atoms with E-state index in [0.717, 1.165) is 40.7 Å². The highest BCUT2D eigenvalue weighted by molar-refractivity contribution is 5.94. The van der Waals surface area contributed by atoms with Crippen molar-refractivity contribution in [3.05, 3.63) is 83.7 Å². The van der Waals surface area contributed by atoms with Crippen molar-refractivity contribution in [1.82, 2.24) is 9.55 Å². The fourth-order valence-electron chi connectivity index (χ4n) is 3.99. The first-order chi connectivity index (χ1) is 18.1. The lowest BCUT2D eigenvalue weighted by Gasteiger charge is -2.23. The van der Waals surface area contributed by atoms with E-state index in [1.54, 1.807) is 0 Å². The zero-order valence-electron chi connectivity index (χ0n) is 21.6. The van der Waals surface area contributed by atoms with Gasteiger partial charge in [0, 0.05) is 37.2 Å². The Morgan fingerprint density at radius 2 is 1.68 bits per heavy atom. The van der Waals surface area contributed by atoms with Crippen LogP contribution in [0.15, 0.2) is 66.9 Å². The minimum absolute atomic E-state index is 0.117. The molecule has 0 bridgehead atoms. The first kappa shape index (κ1) is 29.0. The molecule has 0 aliphatic carbocycles. The Bertz CT molecular complexity index is 1300. The van der Waals surface area contributed by atoms with Crippen molar-refractivity contribution >= 4 is 24.6 Å². The number of fused-ring (bicyclic) bond motifs is 1. The quantitative estimate of drug-likeness (QED) is 0.364. The summed E-state index contributed by atoms with van der Waals surface area (Å²) in [6.07, 6.45) is 3.66. The lowest BCUT2D eigenvalue weighted by Crippen LogP contribution is -2.26. The predicted octanol–water partition coefficient (Wildman–Crippen LogP) is 5.60. The molecule has 0 saturated carbocycles. The molecule has 1 fully saturated rings. The summed E-state index contributed by atoms with van der Waals surface area (Å²) >= 11 is 0. The van der Waals surface area contributed by atoms with E-state index >= 15 is 0 Å². The number of pyridine rings is 1. The van der Waals surface area contributed by atoms with E-state index in [9.17, 15) is 5.26 Å². The summed E-state index contributed by atoms with van der Waals surface area (Å²) in [5.41, 5.74) is 6.06. The van der Waals surface area contributed by atoms with Crippen molar-refractivity contribution in [1.29, 1.82) is 5.26 Å². The van der Waals surface area contributed by atoms with Crippen LogP contribution in [0.1, 0.15) is 29.7 Å². The van der Waals surface area contributed by atoms with Gasteiger partial charge in [-0.25, -0.2) is 4.98 Å². The number of nitrogens with zero attached hydrogens (tertiary/aromatic N) is 3. The van der Waals surface area contributed by atoms with E-state index < -0.39 is 0 Å². The molecule has 3 heterocycles. The Morgan fingerprint density at radius 3 is 2.27 bits per heavy atom. The standard InChI is InChI=1S/C21H21N3O2.C7H8.2CH2O/c1-14-11-19-18(5-8-23-21(19)24(14)2)15-3-4-20(16(12-15)13-22)26-17-6-9-25-10-7-17;1-7-5-3-2-4-6-7;2*1-2/h3-5,8,11-12,17H,6-7,9-10H2,1-2H3;2-6H,1H3;2*1H2. The average molecular weight is 500 g/mol. The molecule has 7 heteroatoms. The highest BCUT2D eigenvalue weighted by atomic mass is 16.5. The normalized spacial score (nSPS) is 12.5. The average Bonchev–Trinajstić information content (AvgIpc) is 3.26. The zero-order valence-corrected chi connectivity index (χ0v) is 21.6. The highest BCUT2D eigenvalue weighted by Crippen LogP contribution is 2.33. The van der Waals surface area contributed by atoms with Crippen molar-refractivity contribution in [3.63, 3.8) is 0 Å². The lowest BCUT2D eigenvalue weighted by molar-refractivity contribution is -0.0987. The van der Waals surface area contributed by atoms with Crippen molar-refractivity contribution in [3.8, 4) is 22.9 Å². The molecule has 0 radical (unpaired) electrons. The van der Waals surface area contributed by atoms with Gasteiger partial charge in [-0.2, -0.15) is 5.26 Å². The summed E-state index contributed by atoms with van der Waals surface area (Å²) in [7, 11) is 2.01. The molecular formula is C30H33N3O4. The lowest BCUT2D eigenvalue weighted by atomic mass is 10.0. The Hall–Kier alpha value is -4.28. The van der Waals surface area contributed by atoms with Crippen molar-refractivity contribution < 1.29 is 19.1 Å². The molecule has 1 aliphatic heterocycles. The highest BCUT2D eigenvalue weighted by Gasteiger charge is 2.18. The van der Waals surface area contributed by atoms with E-state index in [0.29, 0.717) is 24.5 Å². The number of hydrogen-bond donors (Lipinski definition) is 0. The molecule has 1 saturated heterocycles. The fraction of sp³-hybridized carbons (Fsp3) is 0.267. The maximum atomic E-state index is 9.61. The van der Waals surface area contributed by atoms with Crippen LogP contribution >= 0.6 is 0 Å². The molecule has 2 aromatic heterocycles. The third-order valence-corrected chi connectivity index (χ3v) is 5.98. The summed E-state index contributed by atoms with van der Waals surface area (Å²) in [6, 6.07) is 22.5. The number of carbonyl (C=O) groups is 2. The van der Waals surface area contributed by atoms with E-state index in [4.69, 9.17) is 19.1 Å². The van der Waals surface area contributed by atoms with E-state index in [1.807, 2.05) is 69.3 Å². The molecule has 37 heavy (non-hydrogen) atoms. The van der Waals surface area contributed by atoms with E-state index in [2.05, 4.69) is 47.7 Å². The molecule has 4 aromatic rings. The largest absolute Gasteiger partial charge is 0.489 e. The molecule has 5 rings (SSSR count). The maximum Gasteiger partial charge on any atom is 0.140 e. The third kappa shape index (κ3) is 7.60. The molecule has 0 N–H and O–H groups in total. The number of carbonyl (C=O) groups excluding carboxylic acids is 2. The van der Waals surface area contributed by atoms with Gasteiger partial charge in [0.05, 0.1) is 18.8 Å². The van der Waals surface area contributed by atoms with E-state index in [-0.39, 0.29) is 6.10 Å². The predicted molar refractivity (Wildman–Crippen MR) is 145 cm³/mol. The second-order valence-corrected chi connectivity index (χ2v) is 8.35. The number of hydrogen-bond acceptors (Lipinski definition) is 6. The van der Waals surface area contributed by atoms with Crippen LogP contribution in [0.3, 0.4) is 0 Å². The summed E-state index contributed by atoms with van der Waals surface area (Å²) < 4.78 is 13.5. The second kappa shape index (κ2) is 15.0. The second-order valence-electron chi connectivity index (χ2n) is 8.35. The summed E-state index contributed by atoms with van der Waals surface area (Å²) in [4.78, 5) is 20.5. The van der Waals surface area contributed by atoms with Gasteiger partial charge in [0.25, 0.3) is 0 Å². The number of aryl methyl sites for hydroxylation is 3. The molecule has 0 spiro atoms. The number of benzene rings is 2. The van der Waals surface area contributed by atoms with Crippen LogP contribution in [0.5, 0.6) is 5.75 Å². The number of nitriles is 1. The topological polar surface area (TPSA) is 94.2 Å². The van der Waals surface area contributed by atoms with Crippen LogP contribution in [0.4, 0.5) is 0 Å². The molecule has 192 valence electrons. The SMILES string of the molecule is C=O.C=O.Cc1cc2c(-c3ccc(OC4CCOCC4)c(C#N)c3)ccnc2n1C.Cc1ccccc1. The van der Waals surface area contributed by atoms with Crippen molar-refractivity contribution in [2.75, 3.05) is 13.2 Å². The number of rotatable bonds is 3. The molecule has 2 aromatic carbocycles. The monoisotopic (exact) mass is 499 g/mol. The van der Waals surface area contributed by atoms with Gasteiger partial charge in [0.1, 0.15) is 37.1 Å². The van der Waals surface area contributed by atoms with Crippen LogP contribution < -0.4 is 4.74 Å². The minimum atomic E-state index is 0.117. The van der Waals surface area contributed by atoms with Gasteiger partial charge in [-0.3, -0.25) is 0 Å².